The predicted molar refractivity (Wildman–Crippen MR) is 73.4 cm³/mol. The third-order valence-corrected chi connectivity index (χ3v) is 4.19. The minimum atomic E-state index is -1.70. The first-order valence-electron chi connectivity index (χ1n) is 7.46. The number of methoxy groups -OCH3 is 1. The second kappa shape index (κ2) is 8.29. The molecule has 24 heavy (non-hydrogen) atoms. The van der Waals surface area contributed by atoms with Crippen LogP contribution in [0, 0.1) is 0 Å². The zero-order chi connectivity index (χ0) is 18.0. The number of aliphatic hydroxyl groups is 7. The number of hydrogen-bond acceptors (Lipinski definition) is 11. The van der Waals surface area contributed by atoms with Gasteiger partial charge in [0.05, 0.1) is 13.2 Å². The van der Waals surface area contributed by atoms with E-state index in [0.29, 0.717) is 0 Å². The lowest BCUT2D eigenvalue weighted by molar-refractivity contribution is -0.358. The molecule has 142 valence electrons. The molecule has 0 spiro atoms. The van der Waals surface area contributed by atoms with Gasteiger partial charge < -0.3 is 54.7 Å². The summed E-state index contributed by atoms with van der Waals surface area (Å²) in [5, 5.41) is 68.1. The zero-order valence-corrected chi connectivity index (χ0v) is 13.0. The van der Waals surface area contributed by atoms with Gasteiger partial charge in [-0.15, -0.1) is 0 Å². The van der Waals surface area contributed by atoms with E-state index in [9.17, 15) is 30.6 Å². The minimum absolute atomic E-state index is 0.581. The van der Waals surface area contributed by atoms with Crippen LogP contribution < -0.4 is 0 Å². The molecule has 0 aromatic heterocycles. The van der Waals surface area contributed by atoms with Crippen molar-refractivity contribution in [1.82, 2.24) is 0 Å². The van der Waals surface area contributed by atoms with Gasteiger partial charge in [0.1, 0.15) is 48.8 Å². The van der Waals surface area contributed by atoms with Crippen LogP contribution in [0.4, 0.5) is 0 Å². The highest BCUT2D eigenvalue weighted by atomic mass is 16.7. The fourth-order valence-corrected chi connectivity index (χ4v) is 2.74. The van der Waals surface area contributed by atoms with Gasteiger partial charge >= 0.3 is 0 Å². The highest BCUT2D eigenvalue weighted by Gasteiger charge is 2.50. The van der Waals surface area contributed by atoms with Crippen molar-refractivity contribution in [3.05, 3.63) is 0 Å². The van der Waals surface area contributed by atoms with E-state index in [4.69, 9.17) is 24.1 Å². The summed E-state index contributed by atoms with van der Waals surface area (Å²) in [4.78, 5) is 0. The van der Waals surface area contributed by atoms with Gasteiger partial charge in [-0.25, -0.2) is 0 Å². The Balaban J connectivity index is 2.14. The molecule has 2 rings (SSSR count). The molecule has 0 bridgehead atoms. The molecule has 0 aromatic rings. The summed E-state index contributed by atoms with van der Waals surface area (Å²) in [5.74, 6) is 0. The summed E-state index contributed by atoms with van der Waals surface area (Å²) < 4.78 is 20.6. The molecule has 10 atom stereocenters. The maximum Gasteiger partial charge on any atom is 0.187 e. The van der Waals surface area contributed by atoms with Gasteiger partial charge in [0.25, 0.3) is 0 Å². The van der Waals surface area contributed by atoms with Gasteiger partial charge in [-0.05, 0) is 0 Å². The van der Waals surface area contributed by atoms with Crippen molar-refractivity contribution in [2.75, 3.05) is 20.3 Å². The number of rotatable bonds is 5. The first-order valence-corrected chi connectivity index (χ1v) is 7.46. The van der Waals surface area contributed by atoms with Gasteiger partial charge in [0.2, 0.25) is 0 Å². The molecule has 7 N–H and O–H groups in total. The van der Waals surface area contributed by atoms with Crippen LogP contribution in [0.2, 0.25) is 0 Å². The SMILES string of the molecule is CO[C@H]1O[C@H](CO)[C@H](O)[C@H](O[C@@H]2O[C@H](CO)[C@H](O)[C@H](O)[C@@H]2O)[C@@H]1O. The molecular formula is C13H24O11. The molecule has 0 radical (unpaired) electrons. The standard InChI is InChI=1S/C13H24O11/c1-21-12-10(20)11(7(17)5(3-15)22-12)24-13-9(19)8(18)6(16)4(2-14)23-13/h4-20H,2-3H2,1H3/t4-,5-,6+,7+,8+,9+,10+,11+,12+,13+/m1/s1. The van der Waals surface area contributed by atoms with E-state index in [-0.39, 0.29) is 0 Å². The van der Waals surface area contributed by atoms with Gasteiger partial charge in [0.15, 0.2) is 12.6 Å². The summed E-state index contributed by atoms with van der Waals surface area (Å²) in [6.45, 7) is -1.23. The van der Waals surface area contributed by atoms with Crippen LogP contribution in [0.25, 0.3) is 0 Å². The lowest BCUT2D eigenvalue weighted by atomic mass is 9.97. The van der Waals surface area contributed by atoms with Crippen LogP contribution in [-0.4, -0.2) is 117 Å². The topological polar surface area (TPSA) is 179 Å². The van der Waals surface area contributed by atoms with E-state index in [1.165, 1.54) is 7.11 Å². The van der Waals surface area contributed by atoms with Crippen LogP contribution in [0.15, 0.2) is 0 Å². The Morgan fingerprint density at radius 2 is 1.25 bits per heavy atom. The van der Waals surface area contributed by atoms with E-state index in [2.05, 4.69) is 0 Å². The minimum Gasteiger partial charge on any atom is -0.394 e. The normalized spacial score (nSPS) is 50.0. The Morgan fingerprint density at radius 3 is 1.79 bits per heavy atom. The Morgan fingerprint density at radius 1 is 0.708 bits per heavy atom. The van der Waals surface area contributed by atoms with Gasteiger partial charge in [-0.2, -0.15) is 0 Å². The summed E-state index contributed by atoms with van der Waals surface area (Å²) in [7, 11) is 1.24. The summed E-state index contributed by atoms with van der Waals surface area (Å²) in [6, 6.07) is 0. The number of aliphatic hydroxyl groups excluding tert-OH is 7. The van der Waals surface area contributed by atoms with Crippen molar-refractivity contribution >= 4 is 0 Å². The summed E-state index contributed by atoms with van der Waals surface area (Å²) >= 11 is 0. The van der Waals surface area contributed by atoms with E-state index in [0.717, 1.165) is 0 Å². The Labute approximate surface area is 137 Å². The fourth-order valence-electron chi connectivity index (χ4n) is 2.74. The second-order valence-corrected chi connectivity index (χ2v) is 5.74. The van der Waals surface area contributed by atoms with Crippen molar-refractivity contribution < 1.29 is 54.7 Å². The molecule has 2 fully saturated rings. The van der Waals surface area contributed by atoms with Gasteiger partial charge in [-0.1, -0.05) is 0 Å². The highest BCUT2D eigenvalue weighted by molar-refractivity contribution is 4.93. The largest absolute Gasteiger partial charge is 0.394 e. The van der Waals surface area contributed by atoms with Crippen LogP contribution in [0.5, 0.6) is 0 Å². The maximum absolute atomic E-state index is 10.2. The summed E-state index contributed by atoms with van der Waals surface area (Å²) in [6.07, 6.45) is -14.4. The van der Waals surface area contributed by atoms with Crippen LogP contribution in [0.1, 0.15) is 0 Å². The monoisotopic (exact) mass is 356 g/mol. The fraction of sp³-hybridized carbons (Fsp3) is 1.00. The third kappa shape index (κ3) is 3.71. The zero-order valence-electron chi connectivity index (χ0n) is 13.0. The molecular weight excluding hydrogens is 332 g/mol. The lowest BCUT2D eigenvalue weighted by Gasteiger charge is -2.45. The van der Waals surface area contributed by atoms with Crippen LogP contribution >= 0.6 is 0 Å². The Kier molecular flexibility index (Phi) is 6.87. The molecule has 2 aliphatic heterocycles. The van der Waals surface area contributed by atoms with Crippen molar-refractivity contribution in [2.45, 2.75) is 61.4 Å². The quantitative estimate of drug-likeness (QED) is 0.251. The number of hydrogen-bond donors (Lipinski definition) is 7. The molecule has 11 heteroatoms. The van der Waals surface area contributed by atoms with E-state index >= 15 is 0 Å². The van der Waals surface area contributed by atoms with Crippen molar-refractivity contribution in [1.29, 1.82) is 0 Å². The molecule has 2 heterocycles. The molecule has 2 aliphatic rings. The van der Waals surface area contributed by atoms with Crippen molar-refractivity contribution in [2.24, 2.45) is 0 Å². The first-order chi connectivity index (χ1) is 11.3. The van der Waals surface area contributed by atoms with E-state index in [1.54, 1.807) is 0 Å². The smallest absolute Gasteiger partial charge is 0.187 e. The highest BCUT2D eigenvalue weighted by Crippen LogP contribution is 2.29. The second-order valence-electron chi connectivity index (χ2n) is 5.74. The molecule has 0 amide bonds. The Bertz CT molecular complexity index is 378. The Hall–Kier alpha value is -0.440. The average Bonchev–Trinajstić information content (AvgIpc) is 2.58. The maximum atomic E-state index is 10.2. The van der Waals surface area contributed by atoms with Gasteiger partial charge in [-0.3, -0.25) is 0 Å². The van der Waals surface area contributed by atoms with Crippen molar-refractivity contribution in [3.63, 3.8) is 0 Å². The van der Waals surface area contributed by atoms with Crippen LogP contribution in [-0.2, 0) is 18.9 Å². The summed E-state index contributed by atoms with van der Waals surface area (Å²) in [5.41, 5.74) is 0. The number of ether oxygens (including phenoxy) is 4. The molecule has 0 aliphatic carbocycles. The average molecular weight is 356 g/mol. The molecule has 2 saturated heterocycles. The van der Waals surface area contributed by atoms with Crippen LogP contribution in [0.3, 0.4) is 0 Å². The first kappa shape index (κ1) is 19.9. The van der Waals surface area contributed by atoms with Crippen molar-refractivity contribution in [3.8, 4) is 0 Å². The molecule has 11 nitrogen and oxygen atoms in total. The van der Waals surface area contributed by atoms with E-state index < -0.39 is 74.6 Å². The molecule has 0 saturated carbocycles. The van der Waals surface area contributed by atoms with E-state index in [1.807, 2.05) is 0 Å². The lowest BCUT2D eigenvalue weighted by Crippen LogP contribution is -2.64. The van der Waals surface area contributed by atoms with Gasteiger partial charge in [0, 0.05) is 7.11 Å². The molecule has 0 unspecified atom stereocenters. The molecule has 0 aromatic carbocycles. The third-order valence-electron chi connectivity index (χ3n) is 4.19. The predicted octanol–water partition coefficient (Wildman–Crippen LogP) is -4.74.